The zero-order chi connectivity index (χ0) is 12.8. The summed E-state index contributed by atoms with van der Waals surface area (Å²) in [4.78, 5) is 0. The number of rotatable bonds is 5. The van der Waals surface area contributed by atoms with Gasteiger partial charge in [-0.25, -0.2) is 0 Å². The maximum atomic E-state index is 5.93. The number of anilines is 3. The summed E-state index contributed by atoms with van der Waals surface area (Å²) in [6, 6.07) is 18.2. The Kier molecular flexibility index (Phi) is 4.20. The molecule has 0 heterocycles. The van der Waals surface area contributed by atoms with Crippen molar-refractivity contribution in [1.82, 2.24) is 0 Å². The third-order valence-corrected chi connectivity index (χ3v) is 2.76. The lowest BCUT2D eigenvalue weighted by atomic mass is 10.2. The van der Waals surface area contributed by atoms with Crippen LogP contribution in [0.3, 0.4) is 0 Å². The molecule has 0 aromatic heterocycles. The summed E-state index contributed by atoms with van der Waals surface area (Å²) < 4.78 is 0. The maximum Gasteiger partial charge on any atom is 0.0741 e. The predicted molar refractivity (Wildman–Crippen MR) is 78.1 cm³/mol. The minimum Gasteiger partial charge on any atom is -0.368 e. The highest BCUT2D eigenvalue weighted by Gasteiger charge is 2.04. The summed E-state index contributed by atoms with van der Waals surface area (Å²) in [7, 11) is 0. The minimum atomic E-state index is -0.0243. The Morgan fingerprint density at radius 3 is 2.22 bits per heavy atom. The van der Waals surface area contributed by atoms with Gasteiger partial charge in [0.15, 0.2) is 0 Å². The molecule has 0 aliphatic heterocycles. The first-order valence-electron chi connectivity index (χ1n) is 6.23. The van der Waals surface area contributed by atoms with Crippen molar-refractivity contribution in [2.75, 3.05) is 10.6 Å². The fourth-order valence-corrected chi connectivity index (χ4v) is 1.70. The van der Waals surface area contributed by atoms with Crippen molar-refractivity contribution in [2.45, 2.75) is 19.5 Å². The van der Waals surface area contributed by atoms with Gasteiger partial charge in [-0.1, -0.05) is 37.3 Å². The predicted octanol–water partition coefficient (Wildman–Crippen LogP) is 3.54. The number of nitrogens with two attached hydrogens (primary N) is 1. The Hall–Kier alpha value is -2.00. The van der Waals surface area contributed by atoms with Crippen molar-refractivity contribution < 1.29 is 0 Å². The molecule has 0 saturated heterocycles. The van der Waals surface area contributed by atoms with Crippen molar-refractivity contribution in [3.05, 3.63) is 54.6 Å². The molecule has 0 radical (unpaired) electrons. The van der Waals surface area contributed by atoms with Crippen molar-refractivity contribution in [1.29, 1.82) is 0 Å². The molecule has 0 aliphatic carbocycles. The van der Waals surface area contributed by atoms with Crippen LogP contribution < -0.4 is 16.4 Å². The first-order chi connectivity index (χ1) is 8.79. The van der Waals surface area contributed by atoms with Gasteiger partial charge >= 0.3 is 0 Å². The minimum absolute atomic E-state index is 0.0243. The summed E-state index contributed by atoms with van der Waals surface area (Å²) >= 11 is 0. The first-order valence-corrected chi connectivity index (χ1v) is 6.23. The Bertz CT molecular complexity index is 482. The summed E-state index contributed by atoms with van der Waals surface area (Å²) in [5.74, 6) is 0. The van der Waals surface area contributed by atoms with E-state index in [9.17, 15) is 0 Å². The van der Waals surface area contributed by atoms with Crippen LogP contribution in [-0.4, -0.2) is 6.17 Å². The molecule has 3 nitrogen and oxygen atoms in total. The zero-order valence-electron chi connectivity index (χ0n) is 10.6. The van der Waals surface area contributed by atoms with E-state index in [0.717, 1.165) is 23.5 Å². The van der Waals surface area contributed by atoms with Gasteiger partial charge in [-0.15, -0.1) is 0 Å². The van der Waals surface area contributed by atoms with Crippen molar-refractivity contribution in [2.24, 2.45) is 5.73 Å². The Morgan fingerprint density at radius 2 is 1.56 bits per heavy atom. The highest BCUT2D eigenvalue weighted by molar-refractivity contribution is 5.74. The first kappa shape index (κ1) is 12.5. The molecule has 1 unspecified atom stereocenters. The van der Waals surface area contributed by atoms with Gasteiger partial charge in [0, 0.05) is 5.69 Å². The van der Waals surface area contributed by atoms with E-state index in [1.807, 2.05) is 54.6 Å². The molecule has 0 fully saturated rings. The van der Waals surface area contributed by atoms with Gasteiger partial charge in [0.05, 0.1) is 17.5 Å². The van der Waals surface area contributed by atoms with Gasteiger partial charge in [0.2, 0.25) is 0 Å². The van der Waals surface area contributed by atoms with Crippen LogP contribution in [0.15, 0.2) is 54.6 Å². The molecule has 3 heteroatoms. The standard InChI is InChI=1S/C15H19N3/c1-2-15(16)18-14-11-7-6-10-13(14)17-12-8-4-3-5-9-12/h3-11,15,17-18H,2,16H2,1H3. The summed E-state index contributed by atoms with van der Waals surface area (Å²) in [6.45, 7) is 2.06. The van der Waals surface area contributed by atoms with Crippen LogP contribution in [0.25, 0.3) is 0 Å². The number of para-hydroxylation sites is 3. The third kappa shape index (κ3) is 3.25. The fraction of sp³-hybridized carbons (Fsp3) is 0.200. The van der Waals surface area contributed by atoms with Crippen LogP contribution in [-0.2, 0) is 0 Å². The van der Waals surface area contributed by atoms with E-state index in [2.05, 4.69) is 17.6 Å². The molecule has 2 aromatic carbocycles. The number of hydrogen-bond acceptors (Lipinski definition) is 3. The van der Waals surface area contributed by atoms with E-state index in [0.29, 0.717) is 0 Å². The molecular weight excluding hydrogens is 222 g/mol. The average molecular weight is 241 g/mol. The fourth-order valence-electron chi connectivity index (χ4n) is 1.70. The van der Waals surface area contributed by atoms with E-state index >= 15 is 0 Å². The Balaban J connectivity index is 2.17. The quantitative estimate of drug-likeness (QED) is 0.702. The van der Waals surface area contributed by atoms with Crippen LogP contribution in [0.4, 0.5) is 17.1 Å². The highest BCUT2D eigenvalue weighted by Crippen LogP contribution is 2.25. The Labute approximate surface area is 108 Å². The van der Waals surface area contributed by atoms with Crippen LogP contribution in [0.1, 0.15) is 13.3 Å². The molecule has 2 rings (SSSR count). The van der Waals surface area contributed by atoms with Crippen LogP contribution in [0.5, 0.6) is 0 Å². The van der Waals surface area contributed by atoms with Gasteiger partial charge < -0.3 is 16.4 Å². The summed E-state index contributed by atoms with van der Waals surface area (Å²) in [6.07, 6.45) is 0.864. The second-order valence-electron chi connectivity index (χ2n) is 4.20. The Morgan fingerprint density at radius 1 is 0.944 bits per heavy atom. The number of benzene rings is 2. The van der Waals surface area contributed by atoms with Crippen LogP contribution in [0, 0.1) is 0 Å². The van der Waals surface area contributed by atoms with Gasteiger partial charge in [-0.2, -0.15) is 0 Å². The van der Waals surface area contributed by atoms with E-state index in [1.165, 1.54) is 0 Å². The highest BCUT2D eigenvalue weighted by atomic mass is 15.0. The second kappa shape index (κ2) is 6.07. The van der Waals surface area contributed by atoms with E-state index in [-0.39, 0.29) is 6.17 Å². The van der Waals surface area contributed by atoms with Crippen molar-refractivity contribution in [3.8, 4) is 0 Å². The largest absolute Gasteiger partial charge is 0.368 e. The number of nitrogens with one attached hydrogen (secondary N) is 2. The summed E-state index contributed by atoms with van der Waals surface area (Å²) in [5.41, 5.74) is 9.05. The monoisotopic (exact) mass is 241 g/mol. The van der Waals surface area contributed by atoms with E-state index in [4.69, 9.17) is 5.73 Å². The van der Waals surface area contributed by atoms with Gasteiger partial charge in [-0.05, 0) is 30.7 Å². The normalized spacial score (nSPS) is 11.9. The molecule has 0 aliphatic rings. The molecule has 94 valence electrons. The molecule has 0 spiro atoms. The molecule has 1 atom stereocenters. The molecule has 2 aromatic rings. The number of hydrogen-bond donors (Lipinski definition) is 3. The molecule has 4 N–H and O–H groups in total. The van der Waals surface area contributed by atoms with Crippen molar-refractivity contribution in [3.63, 3.8) is 0 Å². The van der Waals surface area contributed by atoms with Crippen molar-refractivity contribution >= 4 is 17.1 Å². The van der Waals surface area contributed by atoms with Crippen LogP contribution >= 0.6 is 0 Å². The molecular formula is C15H19N3. The van der Waals surface area contributed by atoms with Crippen LogP contribution in [0.2, 0.25) is 0 Å². The lowest BCUT2D eigenvalue weighted by molar-refractivity contribution is 0.730. The average Bonchev–Trinajstić information content (AvgIpc) is 2.42. The lowest BCUT2D eigenvalue weighted by Crippen LogP contribution is -2.28. The second-order valence-corrected chi connectivity index (χ2v) is 4.20. The smallest absolute Gasteiger partial charge is 0.0741 e. The van der Waals surface area contributed by atoms with Gasteiger partial charge in [0.1, 0.15) is 0 Å². The topological polar surface area (TPSA) is 50.1 Å². The third-order valence-electron chi connectivity index (χ3n) is 2.76. The molecule has 0 saturated carbocycles. The van der Waals surface area contributed by atoms with Gasteiger partial charge in [0.25, 0.3) is 0 Å². The maximum absolute atomic E-state index is 5.93. The van der Waals surface area contributed by atoms with Gasteiger partial charge in [-0.3, -0.25) is 0 Å². The molecule has 18 heavy (non-hydrogen) atoms. The zero-order valence-corrected chi connectivity index (χ0v) is 10.6. The lowest BCUT2D eigenvalue weighted by Gasteiger charge is -2.17. The molecule has 0 bridgehead atoms. The van der Waals surface area contributed by atoms with E-state index < -0.39 is 0 Å². The van der Waals surface area contributed by atoms with E-state index in [1.54, 1.807) is 0 Å². The SMILES string of the molecule is CCC(N)Nc1ccccc1Nc1ccccc1. The molecule has 0 amide bonds. The summed E-state index contributed by atoms with van der Waals surface area (Å²) in [5, 5.41) is 6.68.